The van der Waals surface area contributed by atoms with Gasteiger partial charge in [0.25, 0.3) is 5.91 Å². The number of carbonyl (C=O) groups excluding carboxylic acids is 3. The topological polar surface area (TPSA) is 127 Å². The van der Waals surface area contributed by atoms with Crippen LogP contribution >= 0.6 is 38.5 Å². The smallest absolute Gasteiger partial charge is 0.329 e. The second-order valence-corrected chi connectivity index (χ2v) is 10.2. The van der Waals surface area contributed by atoms with E-state index < -0.39 is 11.8 Å². The van der Waals surface area contributed by atoms with Crippen LogP contribution in [-0.2, 0) is 14.4 Å². The molecule has 3 aromatic rings. The van der Waals surface area contributed by atoms with Crippen LogP contribution in [0.4, 0.5) is 11.4 Å². The SMILES string of the molecule is CCCOc1ccc(NC(=O)C(=O)N/N=C\c2cc(I)c(OCC(=O)Nc3ccc(Br)cc3)c(OCC)c2)cc1. The normalized spacial score (nSPS) is 10.6. The van der Waals surface area contributed by atoms with Crippen molar-refractivity contribution >= 4 is 73.8 Å². The molecule has 0 bridgehead atoms. The molecule has 0 unspecified atom stereocenters. The molecule has 0 aliphatic carbocycles. The molecule has 12 heteroatoms. The van der Waals surface area contributed by atoms with E-state index in [9.17, 15) is 14.4 Å². The number of hydrogen-bond donors (Lipinski definition) is 3. The third kappa shape index (κ3) is 9.83. The minimum atomic E-state index is -0.931. The summed E-state index contributed by atoms with van der Waals surface area (Å²) in [4.78, 5) is 36.7. The molecule has 3 N–H and O–H groups in total. The molecule has 0 radical (unpaired) electrons. The van der Waals surface area contributed by atoms with Gasteiger partial charge in [0, 0.05) is 15.8 Å². The minimum Gasteiger partial charge on any atom is -0.494 e. The van der Waals surface area contributed by atoms with Crippen LogP contribution in [0.5, 0.6) is 17.2 Å². The highest BCUT2D eigenvalue weighted by Gasteiger charge is 2.15. The Labute approximate surface area is 254 Å². The van der Waals surface area contributed by atoms with E-state index in [4.69, 9.17) is 14.2 Å². The summed E-state index contributed by atoms with van der Waals surface area (Å²) in [6, 6.07) is 17.3. The maximum absolute atomic E-state index is 12.4. The number of amides is 3. The maximum Gasteiger partial charge on any atom is 0.329 e. The third-order valence-electron chi connectivity index (χ3n) is 4.98. The van der Waals surface area contributed by atoms with E-state index in [-0.39, 0.29) is 12.5 Å². The lowest BCUT2D eigenvalue weighted by Gasteiger charge is -2.14. The number of halogens is 2. The van der Waals surface area contributed by atoms with Crippen LogP contribution in [0, 0.1) is 3.57 Å². The van der Waals surface area contributed by atoms with Gasteiger partial charge < -0.3 is 24.8 Å². The summed E-state index contributed by atoms with van der Waals surface area (Å²) >= 11 is 5.41. The van der Waals surface area contributed by atoms with Gasteiger partial charge in [0.1, 0.15) is 5.75 Å². The molecule has 0 aliphatic rings. The number of anilines is 2. The lowest BCUT2D eigenvalue weighted by atomic mass is 10.2. The molecular weight excluding hydrogens is 695 g/mol. The Balaban J connectivity index is 1.56. The minimum absolute atomic E-state index is 0.223. The first-order valence-electron chi connectivity index (χ1n) is 12.3. The molecule has 10 nitrogen and oxygen atoms in total. The molecule has 210 valence electrons. The fourth-order valence-corrected chi connectivity index (χ4v) is 4.24. The van der Waals surface area contributed by atoms with Crippen molar-refractivity contribution in [1.82, 2.24) is 5.43 Å². The Morgan fingerprint density at radius 3 is 2.25 bits per heavy atom. The Kier molecular flexibility index (Phi) is 12.2. The van der Waals surface area contributed by atoms with Gasteiger partial charge in [-0.05, 0) is 102 Å². The Morgan fingerprint density at radius 2 is 1.57 bits per heavy atom. The van der Waals surface area contributed by atoms with E-state index >= 15 is 0 Å². The highest BCUT2D eigenvalue weighted by Crippen LogP contribution is 2.34. The molecule has 0 aliphatic heterocycles. The van der Waals surface area contributed by atoms with Crippen molar-refractivity contribution in [3.8, 4) is 17.2 Å². The van der Waals surface area contributed by atoms with Crippen LogP contribution in [0.3, 0.4) is 0 Å². The molecule has 3 aromatic carbocycles. The Bertz CT molecular complexity index is 1350. The van der Waals surface area contributed by atoms with Crippen LogP contribution in [-0.4, -0.2) is 43.8 Å². The zero-order valence-corrected chi connectivity index (χ0v) is 25.6. The summed E-state index contributed by atoms with van der Waals surface area (Å²) in [7, 11) is 0. The van der Waals surface area contributed by atoms with Crippen molar-refractivity contribution in [3.63, 3.8) is 0 Å². The molecule has 0 atom stereocenters. The predicted molar refractivity (Wildman–Crippen MR) is 165 cm³/mol. The number of nitrogens with one attached hydrogen (secondary N) is 3. The molecule has 0 fully saturated rings. The predicted octanol–water partition coefficient (Wildman–Crippen LogP) is 5.35. The summed E-state index contributed by atoms with van der Waals surface area (Å²) in [6.45, 7) is 4.56. The van der Waals surface area contributed by atoms with E-state index in [2.05, 4.69) is 59.7 Å². The van der Waals surface area contributed by atoms with Crippen molar-refractivity contribution < 1.29 is 28.6 Å². The second-order valence-electron chi connectivity index (χ2n) is 8.13. The quantitative estimate of drug-likeness (QED) is 0.100. The molecule has 0 aromatic heterocycles. The number of hydrogen-bond acceptors (Lipinski definition) is 7. The monoisotopic (exact) mass is 722 g/mol. The van der Waals surface area contributed by atoms with Crippen molar-refractivity contribution in [2.75, 3.05) is 30.5 Å². The molecule has 40 heavy (non-hydrogen) atoms. The summed E-state index contributed by atoms with van der Waals surface area (Å²) in [5.41, 5.74) is 3.89. The Hall–Kier alpha value is -3.65. The third-order valence-corrected chi connectivity index (χ3v) is 6.31. The number of rotatable bonds is 12. The number of hydrazone groups is 1. The van der Waals surface area contributed by atoms with E-state index in [1.165, 1.54) is 6.21 Å². The average Bonchev–Trinajstić information content (AvgIpc) is 2.93. The van der Waals surface area contributed by atoms with Crippen molar-refractivity contribution in [2.24, 2.45) is 5.10 Å². The van der Waals surface area contributed by atoms with Gasteiger partial charge in [-0.3, -0.25) is 14.4 Å². The molecule has 0 saturated carbocycles. The lowest BCUT2D eigenvalue weighted by Crippen LogP contribution is -2.32. The zero-order chi connectivity index (χ0) is 28.9. The molecule has 0 spiro atoms. The van der Waals surface area contributed by atoms with Crippen LogP contribution in [0.25, 0.3) is 0 Å². The van der Waals surface area contributed by atoms with Gasteiger partial charge in [-0.1, -0.05) is 22.9 Å². The van der Waals surface area contributed by atoms with Gasteiger partial charge in [-0.15, -0.1) is 0 Å². The second kappa shape index (κ2) is 15.8. The largest absolute Gasteiger partial charge is 0.494 e. The van der Waals surface area contributed by atoms with E-state index in [1.54, 1.807) is 48.5 Å². The first-order chi connectivity index (χ1) is 19.3. The van der Waals surface area contributed by atoms with Crippen LogP contribution in [0.2, 0.25) is 0 Å². The standard InChI is InChI=1S/C28H28BrIN4O6/c1-3-13-39-22-11-9-21(10-12-22)33-27(36)28(37)34-31-16-18-14-23(30)26(24(15-18)38-4-2)40-17-25(35)32-20-7-5-19(29)6-8-20/h5-12,14-16H,3-4,13,17H2,1-2H3,(H,32,35)(H,33,36)(H,34,37)/b31-16-. The van der Waals surface area contributed by atoms with Gasteiger partial charge in [-0.2, -0.15) is 5.10 Å². The summed E-state index contributed by atoms with van der Waals surface area (Å²) in [5, 5.41) is 9.15. The van der Waals surface area contributed by atoms with Crippen LogP contribution in [0.1, 0.15) is 25.8 Å². The zero-order valence-electron chi connectivity index (χ0n) is 21.8. The fraction of sp³-hybridized carbons (Fsp3) is 0.214. The van der Waals surface area contributed by atoms with E-state index in [0.717, 1.165) is 10.9 Å². The maximum atomic E-state index is 12.4. The van der Waals surface area contributed by atoms with Gasteiger partial charge in [-0.25, -0.2) is 5.43 Å². The summed E-state index contributed by atoms with van der Waals surface area (Å²) < 4.78 is 18.5. The van der Waals surface area contributed by atoms with Crippen molar-refractivity contribution in [2.45, 2.75) is 20.3 Å². The van der Waals surface area contributed by atoms with Gasteiger partial charge in [0.2, 0.25) is 0 Å². The number of benzene rings is 3. The fourth-order valence-electron chi connectivity index (χ4n) is 3.19. The van der Waals surface area contributed by atoms with Gasteiger partial charge in [0.05, 0.1) is 23.0 Å². The number of carbonyl (C=O) groups is 3. The van der Waals surface area contributed by atoms with E-state index in [0.29, 0.717) is 51.0 Å². The molecular formula is C28H28BrIN4O6. The van der Waals surface area contributed by atoms with Gasteiger partial charge >= 0.3 is 11.8 Å². The number of nitrogens with zero attached hydrogens (tertiary/aromatic N) is 1. The van der Waals surface area contributed by atoms with Crippen molar-refractivity contribution in [3.05, 3.63) is 74.3 Å². The van der Waals surface area contributed by atoms with Crippen molar-refractivity contribution in [1.29, 1.82) is 0 Å². The molecule has 3 amide bonds. The van der Waals surface area contributed by atoms with Crippen LogP contribution < -0.4 is 30.3 Å². The molecule has 0 heterocycles. The first-order valence-corrected chi connectivity index (χ1v) is 14.2. The lowest BCUT2D eigenvalue weighted by molar-refractivity contribution is -0.136. The first kappa shape index (κ1) is 30.9. The average molecular weight is 723 g/mol. The molecule has 0 saturated heterocycles. The van der Waals surface area contributed by atoms with E-state index in [1.807, 2.05) is 26.0 Å². The Morgan fingerprint density at radius 1 is 0.900 bits per heavy atom. The molecule has 3 rings (SSSR count). The van der Waals surface area contributed by atoms with Gasteiger partial charge in [0.15, 0.2) is 18.1 Å². The van der Waals surface area contributed by atoms with Crippen LogP contribution in [0.15, 0.2) is 70.2 Å². The summed E-state index contributed by atoms with van der Waals surface area (Å²) in [5.74, 6) is -0.640. The number of ether oxygens (including phenoxy) is 3. The highest BCUT2D eigenvalue weighted by molar-refractivity contribution is 14.1. The summed E-state index contributed by atoms with van der Waals surface area (Å²) in [6.07, 6.45) is 2.26. The highest BCUT2D eigenvalue weighted by atomic mass is 127.